The highest BCUT2D eigenvalue weighted by atomic mass is 16.8. The largest absolute Gasteiger partial charge is 0.458 e. The molecule has 2 saturated carbocycles. The van der Waals surface area contributed by atoms with Gasteiger partial charge in [0.05, 0.1) is 0 Å². The lowest BCUT2D eigenvalue weighted by Gasteiger charge is -2.51. The summed E-state index contributed by atoms with van der Waals surface area (Å²) in [6.45, 7) is 6.69. The van der Waals surface area contributed by atoms with E-state index >= 15 is 0 Å². The number of aliphatic hydroxyl groups is 1. The van der Waals surface area contributed by atoms with Crippen LogP contribution >= 0.6 is 0 Å². The molecule has 8 rings (SSSR count). The van der Waals surface area contributed by atoms with E-state index in [9.17, 15) is 9.90 Å². The monoisotopic (exact) mass is 374 g/mol. The average Bonchev–Trinajstić information content (AvgIpc) is 3.47. The summed E-state index contributed by atoms with van der Waals surface area (Å²) in [5.41, 5.74) is -1.09. The second kappa shape index (κ2) is 3.52. The molecule has 0 aromatic carbocycles. The second-order valence-corrected chi connectivity index (χ2v) is 10.2. The Balaban J connectivity index is 1.35. The predicted octanol–water partition coefficient (Wildman–Crippen LogP) is 0.234. The summed E-state index contributed by atoms with van der Waals surface area (Å²) in [5, 5.41) is 11.5. The first-order valence-electron chi connectivity index (χ1n) is 10.1. The number of ether oxygens (including phenoxy) is 5. The second-order valence-electron chi connectivity index (χ2n) is 10.2. The zero-order valence-electron chi connectivity index (χ0n) is 15.5. The van der Waals surface area contributed by atoms with Gasteiger partial charge in [0.15, 0.2) is 5.60 Å². The van der Waals surface area contributed by atoms with Crippen molar-refractivity contribution in [2.75, 3.05) is 6.61 Å². The first-order chi connectivity index (χ1) is 12.8. The molecular formula is C20H22O7. The van der Waals surface area contributed by atoms with Crippen molar-refractivity contribution in [1.82, 2.24) is 0 Å². The van der Waals surface area contributed by atoms with Crippen LogP contribution in [0, 0.1) is 11.3 Å². The molecule has 0 unspecified atom stereocenters. The van der Waals surface area contributed by atoms with Crippen LogP contribution in [0.15, 0.2) is 11.1 Å². The van der Waals surface area contributed by atoms with Gasteiger partial charge in [-0.05, 0) is 18.8 Å². The third-order valence-electron chi connectivity index (χ3n) is 9.51. The molecule has 0 aromatic rings. The SMILES string of the molecule is CC(C)[C@]12O[C@H]1[C@@H]1O[C@]13[C@]1(O[C@H]1[C@@H]1O[C@@]14C1=C(CC[C@]34C)C(=O)OC1)[C@@H]2O. The van der Waals surface area contributed by atoms with Crippen LogP contribution < -0.4 is 0 Å². The van der Waals surface area contributed by atoms with Crippen molar-refractivity contribution in [2.24, 2.45) is 11.3 Å². The van der Waals surface area contributed by atoms with Gasteiger partial charge in [-0.1, -0.05) is 20.8 Å². The van der Waals surface area contributed by atoms with Crippen molar-refractivity contribution < 1.29 is 33.6 Å². The number of carbonyl (C=O) groups is 1. The zero-order chi connectivity index (χ0) is 18.4. The molecule has 27 heavy (non-hydrogen) atoms. The Labute approximate surface area is 155 Å². The summed E-state index contributed by atoms with van der Waals surface area (Å²) in [6.07, 6.45) is 0.165. The van der Waals surface area contributed by atoms with Gasteiger partial charge in [-0.15, -0.1) is 0 Å². The number of hydrogen-bond donors (Lipinski definition) is 1. The summed E-state index contributed by atoms with van der Waals surface area (Å²) in [7, 11) is 0. The van der Waals surface area contributed by atoms with Gasteiger partial charge in [0.25, 0.3) is 0 Å². The molecule has 0 bridgehead atoms. The summed E-state index contributed by atoms with van der Waals surface area (Å²) >= 11 is 0. The van der Waals surface area contributed by atoms with Crippen LogP contribution in [0.4, 0.5) is 0 Å². The molecule has 5 heterocycles. The Kier molecular flexibility index (Phi) is 1.95. The van der Waals surface area contributed by atoms with Gasteiger partial charge in [-0.3, -0.25) is 0 Å². The summed E-state index contributed by atoms with van der Waals surface area (Å²) in [4.78, 5) is 12.2. The van der Waals surface area contributed by atoms with Crippen molar-refractivity contribution in [3.8, 4) is 0 Å². The summed E-state index contributed by atoms with van der Waals surface area (Å²) in [5.74, 6) is -0.0249. The number of cyclic esters (lactones) is 1. The van der Waals surface area contributed by atoms with Crippen LogP contribution in [0.3, 0.4) is 0 Å². The molecule has 0 aromatic heterocycles. The normalized spacial score (nSPS) is 67.9. The Morgan fingerprint density at radius 3 is 2.67 bits per heavy atom. The minimum Gasteiger partial charge on any atom is -0.458 e. The molecule has 144 valence electrons. The van der Waals surface area contributed by atoms with Gasteiger partial charge >= 0.3 is 5.97 Å². The number of rotatable bonds is 1. The molecule has 8 aliphatic rings. The molecule has 5 aliphatic heterocycles. The highest BCUT2D eigenvalue weighted by Crippen LogP contribution is 2.87. The van der Waals surface area contributed by atoms with Crippen molar-refractivity contribution in [2.45, 2.75) is 86.5 Å². The van der Waals surface area contributed by atoms with Gasteiger partial charge < -0.3 is 28.8 Å². The lowest BCUT2D eigenvalue weighted by molar-refractivity contribution is -0.136. The van der Waals surface area contributed by atoms with E-state index in [0.717, 1.165) is 17.6 Å². The molecule has 0 amide bonds. The van der Waals surface area contributed by atoms with Gasteiger partial charge in [0, 0.05) is 16.6 Å². The number of aliphatic hydroxyl groups excluding tert-OH is 1. The van der Waals surface area contributed by atoms with E-state index in [4.69, 9.17) is 23.7 Å². The maximum atomic E-state index is 12.2. The zero-order valence-corrected chi connectivity index (χ0v) is 15.5. The van der Waals surface area contributed by atoms with Crippen LogP contribution in [0.1, 0.15) is 33.6 Å². The topological polar surface area (TPSA) is 96.7 Å². The Morgan fingerprint density at radius 2 is 1.89 bits per heavy atom. The Hall–Kier alpha value is -0.990. The van der Waals surface area contributed by atoms with E-state index in [1.807, 2.05) is 0 Å². The van der Waals surface area contributed by atoms with E-state index in [1.165, 1.54) is 0 Å². The van der Waals surface area contributed by atoms with Crippen molar-refractivity contribution in [3.05, 3.63) is 11.1 Å². The van der Waals surface area contributed by atoms with Gasteiger partial charge in [-0.25, -0.2) is 4.79 Å². The number of fused-ring (bicyclic) bond motifs is 3. The van der Waals surface area contributed by atoms with Crippen LogP contribution in [0.2, 0.25) is 0 Å². The maximum Gasteiger partial charge on any atom is 0.334 e. The molecule has 4 saturated heterocycles. The molecule has 6 fully saturated rings. The number of carbonyl (C=O) groups excluding carboxylic acids is 1. The molecule has 7 heteroatoms. The first-order valence-corrected chi connectivity index (χ1v) is 10.1. The summed E-state index contributed by atoms with van der Waals surface area (Å²) < 4.78 is 30.8. The molecule has 10 atom stereocenters. The van der Waals surface area contributed by atoms with E-state index in [-0.39, 0.29) is 41.7 Å². The molecule has 3 spiro atoms. The van der Waals surface area contributed by atoms with Crippen LogP contribution in [-0.4, -0.2) is 70.6 Å². The fraction of sp³-hybridized carbons (Fsp3) is 0.850. The lowest BCUT2D eigenvalue weighted by atomic mass is 9.46. The third kappa shape index (κ3) is 1.04. The smallest absolute Gasteiger partial charge is 0.334 e. The Bertz CT molecular complexity index is 912. The van der Waals surface area contributed by atoms with E-state index in [2.05, 4.69) is 20.8 Å². The standard InChI is InChI=1S/C20H22O7/c1-7(2)17-10(24-17)13-20(27-13)16(3)5-4-8-9(6-23-14(8)21)18(16)11(25-18)12-19(20,26-12)15(17)22/h7,10-13,15,22H,4-6H2,1-3H3/t10-,11-,12-,13-,15+,16-,17-,18-,19+,20+/m0/s1. The fourth-order valence-electron chi connectivity index (χ4n) is 8.14. The van der Waals surface area contributed by atoms with Gasteiger partial charge in [-0.2, -0.15) is 0 Å². The molecule has 0 radical (unpaired) electrons. The lowest BCUT2D eigenvalue weighted by Crippen LogP contribution is -2.71. The van der Waals surface area contributed by atoms with Gasteiger partial charge in [0.1, 0.15) is 53.9 Å². The van der Waals surface area contributed by atoms with Crippen molar-refractivity contribution in [3.63, 3.8) is 0 Å². The minimum absolute atomic E-state index is 0.0829. The van der Waals surface area contributed by atoms with Gasteiger partial charge in [0.2, 0.25) is 0 Å². The molecule has 3 aliphatic carbocycles. The quantitative estimate of drug-likeness (QED) is 0.519. The number of esters is 1. The van der Waals surface area contributed by atoms with E-state index in [1.54, 1.807) is 0 Å². The van der Waals surface area contributed by atoms with Crippen LogP contribution in [0.25, 0.3) is 0 Å². The predicted molar refractivity (Wildman–Crippen MR) is 86.6 cm³/mol. The van der Waals surface area contributed by atoms with E-state index < -0.39 is 28.5 Å². The van der Waals surface area contributed by atoms with E-state index in [0.29, 0.717) is 13.0 Å². The Morgan fingerprint density at radius 1 is 1.07 bits per heavy atom. The highest BCUT2D eigenvalue weighted by Gasteiger charge is 3.06. The highest BCUT2D eigenvalue weighted by molar-refractivity contribution is 5.93. The first kappa shape index (κ1) is 14.9. The summed E-state index contributed by atoms with van der Waals surface area (Å²) in [6, 6.07) is 0. The number of hydrogen-bond acceptors (Lipinski definition) is 7. The van der Waals surface area contributed by atoms with Crippen molar-refractivity contribution >= 4 is 5.97 Å². The molecule has 1 N–H and O–H groups in total. The average molecular weight is 374 g/mol. The fourth-order valence-corrected chi connectivity index (χ4v) is 8.14. The van der Waals surface area contributed by atoms with Crippen LogP contribution in [-0.2, 0) is 28.5 Å². The molecule has 7 nitrogen and oxygen atoms in total. The third-order valence-corrected chi connectivity index (χ3v) is 9.51. The number of epoxide rings is 4. The van der Waals surface area contributed by atoms with Crippen molar-refractivity contribution in [1.29, 1.82) is 0 Å². The maximum absolute atomic E-state index is 12.2. The van der Waals surface area contributed by atoms with Crippen LogP contribution in [0.5, 0.6) is 0 Å². The molecular weight excluding hydrogens is 352 g/mol. The minimum atomic E-state index is -0.754.